The van der Waals surface area contributed by atoms with Crippen molar-refractivity contribution >= 4 is 58.6 Å². The number of carbonyl (C=O) groups excluding carboxylic acids is 4. The fraction of sp³-hybridized carbons (Fsp3) is 0.315. The first-order valence-electron chi connectivity index (χ1n) is 37.6. The number of Topliss-reactive ketones (excluding diaryl/α,β-unsaturated/α-hetero) is 2. The van der Waals surface area contributed by atoms with E-state index < -0.39 is 83.1 Å². The maximum absolute atomic E-state index is 14.8. The number of alkyl carbamates (subject to hydrolysis) is 2. The number of nitrogens with two attached hydrogens (primary N) is 2. The molecule has 6 unspecified atom stereocenters. The number of amides is 2. The zero-order chi connectivity index (χ0) is 87.9. The minimum atomic E-state index is -1.72. The number of nitrogens with zero attached hydrogens (tertiary/aromatic N) is 3. The van der Waals surface area contributed by atoms with Crippen molar-refractivity contribution in [2.24, 2.45) is 11.5 Å². The molecule has 0 aliphatic rings. The zero-order valence-electron chi connectivity index (χ0n) is 67.0. The van der Waals surface area contributed by atoms with Gasteiger partial charge in [0.05, 0.1) is 93.3 Å². The van der Waals surface area contributed by atoms with Crippen molar-refractivity contribution in [3.05, 3.63) is 277 Å². The largest absolute Gasteiger partial charge is 0.493 e. The normalized spacial score (nSPS) is 14.2. The van der Waals surface area contributed by atoms with Crippen molar-refractivity contribution in [1.82, 2.24) is 25.6 Å². The monoisotopic (exact) mass is 1720 g/mol. The lowest BCUT2D eigenvalue weighted by atomic mass is 9.87. The fourth-order valence-corrected chi connectivity index (χ4v) is 12.3. The highest BCUT2D eigenvalue weighted by Crippen LogP contribution is 2.39. The average Bonchev–Trinajstić information content (AvgIpc) is 0.785. The first-order chi connectivity index (χ1) is 56.9. The molecule has 0 radical (unpaired) electrons. The molecule has 0 aliphatic carbocycles. The molecule has 0 aliphatic heterocycles. The van der Waals surface area contributed by atoms with Crippen molar-refractivity contribution in [2.45, 2.75) is 114 Å². The minimum absolute atomic E-state index is 0.00606. The standard InChI is InChI=1S/C36H37ClF2N2O7.C28H31ClF2N2O5.C25H26ClF2N3O3/c1-35(22-38,41-34(44)48-21-23-7-5-4-6-8-23)26-19-29(24-9-11-28(39)27(37)17-24)40-33(20-26)36(2,45)14-13-30(43)25-10-12-31(47-16-15-42)32(18-25)46-3;1-27(32,16-30)19-14-22(17-4-6-21(31)20(29)12-17)33-26(15-19)28(2,36)9-8-23(35)18-5-7-24(38-11-10-34)25(13-18)37-3;1-24(14-27,31-23(32)34-13-16-6-4-3-5-7-16)18-11-21(17-8-9-20(28)19(26)10-17)30-22(12-18)25(2,33)15-29/h4-12,17-20,42,45H,13-16,21-22H2,1-3H3,(H,41,44);4-7,12-15,34,36H,8-11,16,32H2,1-3H3;3-12,33H,13-15,29H2,1-2H3,(H,31,32). The van der Waals surface area contributed by atoms with Gasteiger partial charge in [0.25, 0.3) is 0 Å². The first kappa shape index (κ1) is 94.7. The van der Waals surface area contributed by atoms with Crippen LogP contribution in [0.3, 0.4) is 0 Å². The van der Waals surface area contributed by atoms with Gasteiger partial charge in [-0.2, -0.15) is 0 Å². The summed E-state index contributed by atoms with van der Waals surface area (Å²) in [6.45, 7) is 5.55. The number of methoxy groups -OCH3 is 2. The Morgan fingerprint density at radius 2 is 0.783 bits per heavy atom. The molecule has 2 amide bonds. The molecule has 11 N–H and O–H groups in total. The maximum Gasteiger partial charge on any atom is 0.408 e. The number of alkyl halides is 3. The SMILES string of the molecule is CC(O)(CN)c1cc(C(C)(CF)NC(=O)OCc2ccccc2)cc(-c2ccc(F)c(Cl)c2)n1.COc1cc(C(=O)CCC(C)(O)c2cc(C(C)(CF)NC(=O)OCc3ccccc3)cc(-c3ccc(F)c(Cl)c3)n2)ccc1OCCO.COc1cc(C(=O)CCC(C)(O)c2cc(C(C)(N)CF)cc(-c3ccc(F)c(Cl)c3)n2)ccc1OCCO. The molecule has 10 rings (SSSR count). The molecular formula is C89H94Cl3F6N7O15. The van der Waals surface area contributed by atoms with Gasteiger partial charge in [0.1, 0.15) is 80.7 Å². The topological polar surface area (TPSA) is 340 Å². The second kappa shape index (κ2) is 42.5. The quantitative estimate of drug-likeness (QED) is 0.0132. The van der Waals surface area contributed by atoms with E-state index in [1.165, 1.54) is 147 Å². The van der Waals surface area contributed by atoms with Crippen LogP contribution in [0.4, 0.5) is 35.9 Å². The summed E-state index contributed by atoms with van der Waals surface area (Å²) in [6, 6.07) is 48.4. The van der Waals surface area contributed by atoms with E-state index in [0.29, 0.717) is 73.3 Å². The van der Waals surface area contributed by atoms with Crippen LogP contribution in [-0.4, -0.2) is 131 Å². The summed E-state index contributed by atoms with van der Waals surface area (Å²) in [4.78, 5) is 65.1. The van der Waals surface area contributed by atoms with Gasteiger partial charge < -0.3 is 76.1 Å². The number of pyridine rings is 3. The molecule has 0 bridgehead atoms. The number of ether oxygens (including phenoxy) is 6. The van der Waals surface area contributed by atoms with Crippen molar-refractivity contribution in [3.63, 3.8) is 0 Å². The second-order valence-corrected chi connectivity index (χ2v) is 30.6. The number of aromatic nitrogens is 3. The summed E-state index contributed by atoms with van der Waals surface area (Å²) >= 11 is 17.9. The Morgan fingerprint density at radius 3 is 1.10 bits per heavy atom. The lowest BCUT2D eigenvalue weighted by molar-refractivity contribution is 0.0394. The van der Waals surface area contributed by atoms with Crippen LogP contribution in [0.15, 0.2) is 188 Å². The molecule has 638 valence electrons. The highest BCUT2D eigenvalue weighted by Gasteiger charge is 2.37. The molecule has 120 heavy (non-hydrogen) atoms. The molecule has 7 aromatic carbocycles. The van der Waals surface area contributed by atoms with Crippen LogP contribution >= 0.6 is 34.8 Å². The van der Waals surface area contributed by atoms with E-state index in [1.54, 1.807) is 66.7 Å². The zero-order valence-corrected chi connectivity index (χ0v) is 69.3. The minimum Gasteiger partial charge on any atom is -0.493 e. The first-order valence-corrected chi connectivity index (χ1v) is 38.7. The van der Waals surface area contributed by atoms with Gasteiger partial charge in [0, 0.05) is 47.2 Å². The van der Waals surface area contributed by atoms with Gasteiger partial charge in [-0.15, -0.1) is 0 Å². The van der Waals surface area contributed by atoms with Crippen LogP contribution in [-0.2, 0) is 56.1 Å². The van der Waals surface area contributed by atoms with Crippen LogP contribution in [0.2, 0.25) is 15.1 Å². The van der Waals surface area contributed by atoms with Crippen molar-refractivity contribution in [3.8, 4) is 56.8 Å². The number of halogens is 9. The van der Waals surface area contributed by atoms with E-state index in [1.807, 2.05) is 24.3 Å². The molecule has 31 heteroatoms. The predicted octanol–water partition coefficient (Wildman–Crippen LogP) is 16.7. The summed E-state index contributed by atoms with van der Waals surface area (Å²) in [6.07, 6.45) is -1.94. The Balaban J connectivity index is 0.000000228. The molecule has 10 aromatic rings. The Hall–Kier alpha value is -10.8. The van der Waals surface area contributed by atoms with Gasteiger partial charge in [-0.25, -0.2) is 50.9 Å². The molecule has 0 saturated carbocycles. The third-order valence-electron chi connectivity index (χ3n) is 19.4. The van der Waals surface area contributed by atoms with Crippen molar-refractivity contribution in [1.29, 1.82) is 0 Å². The number of carbonyl (C=O) groups is 4. The highest BCUT2D eigenvalue weighted by molar-refractivity contribution is 6.31. The summed E-state index contributed by atoms with van der Waals surface area (Å²) in [7, 11) is 2.86. The molecule has 0 saturated heterocycles. The molecule has 22 nitrogen and oxygen atoms in total. The Kier molecular flexibility index (Phi) is 33.5. The molecule has 6 atom stereocenters. The number of ketones is 2. The van der Waals surface area contributed by atoms with Crippen molar-refractivity contribution in [2.75, 3.05) is 67.2 Å². The number of aliphatic hydroxyl groups excluding tert-OH is 2. The Labute approximate surface area is 705 Å². The number of hydrogen-bond donors (Lipinski definition) is 9. The summed E-state index contributed by atoms with van der Waals surface area (Å²) < 4.78 is 116. The third-order valence-corrected chi connectivity index (χ3v) is 20.3. The van der Waals surface area contributed by atoms with E-state index in [0.717, 1.165) is 17.2 Å². The van der Waals surface area contributed by atoms with E-state index in [-0.39, 0.29) is 127 Å². The van der Waals surface area contributed by atoms with E-state index in [4.69, 9.17) is 84.9 Å². The van der Waals surface area contributed by atoms with Gasteiger partial charge >= 0.3 is 12.2 Å². The smallest absolute Gasteiger partial charge is 0.408 e. The lowest BCUT2D eigenvalue weighted by Gasteiger charge is -2.31. The molecular weight excluding hydrogens is 1630 g/mol. The summed E-state index contributed by atoms with van der Waals surface area (Å²) in [5.74, 6) is -1.04. The van der Waals surface area contributed by atoms with Gasteiger partial charge in [-0.1, -0.05) is 95.5 Å². The second-order valence-electron chi connectivity index (χ2n) is 29.4. The molecule has 0 spiro atoms. The van der Waals surface area contributed by atoms with Crippen LogP contribution < -0.4 is 41.0 Å². The third kappa shape index (κ3) is 25.4. The molecule has 3 aromatic heterocycles. The van der Waals surface area contributed by atoms with E-state index in [9.17, 15) is 60.8 Å². The van der Waals surface area contributed by atoms with Crippen LogP contribution in [0.5, 0.6) is 23.0 Å². The molecule has 3 heterocycles. The number of aliphatic hydroxyl groups is 5. The summed E-state index contributed by atoms with van der Waals surface area (Å²) in [5.41, 5.74) is 8.09. The van der Waals surface area contributed by atoms with Gasteiger partial charge in [0.15, 0.2) is 34.6 Å². The number of hydrogen-bond acceptors (Lipinski definition) is 20. The van der Waals surface area contributed by atoms with Gasteiger partial charge in [0.2, 0.25) is 0 Å². The maximum atomic E-state index is 14.8. The van der Waals surface area contributed by atoms with Gasteiger partial charge in [-0.3, -0.25) is 9.59 Å². The predicted molar refractivity (Wildman–Crippen MR) is 444 cm³/mol. The van der Waals surface area contributed by atoms with Crippen molar-refractivity contribution < 1.29 is 99.5 Å². The van der Waals surface area contributed by atoms with Crippen LogP contribution in [0.1, 0.15) is 133 Å². The number of benzene rings is 7. The Morgan fingerprint density at radius 1 is 0.442 bits per heavy atom. The lowest BCUT2D eigenvalue weighted by Crippen LogP contribution is -2.46. The van der Waals surface area contributed by atoms with E-state index in [2.05, 4.69) is 25.6 Å². The highest BCUT2D eigenvalue weighted by atomic mass is 35.5. The van der Waals surface area contributed by atoms with Gasteiger partial charge in [-0.05, 0) is 210 Å². The van der Waals surface area contributed by atoms with E-state index >= 15 is 0 Å². The molecule has 0 fully saturated rings. The number of rotatable bonds is 35. The van der Waals surface area contributed by atoms with Crippen LogP contribution in [0.25, 0.3) is 33.8 Å². The number of nitrogens with one attached hydrogen (secondary N) is 2. The average molecular weight is 1720 g/mol. The van der Waals surface area contributed by atoms with Crippen LogP contribution in [0, 0.1) is 17.5 Å². The Bertz CT molecular complexity index is 5200. The fourth-order valence-electron chi connectivity index (χ4n) is 11.8. The summed E-state index contributed by atoms with van der Waals surface area (Å²) in [5, 5.41) is 56.5.